The van der Waals surface area contributed by atoms with Crippen molar-refractivity contribution in [3.63, 3.8) is 0 Å². The summed E-state index contributed by atoms with van der Waals surface area (Å²) >= 11 is 0. The van der Waals surface area contributed by atoms with Crippen LogP contribution in [0.15, 0.2) is 48.8 Å². The van der Waals surface area contributed by atoms with Crippen LogP contribution in [-0.4, -0.2) is 59.7 Å². The van der Waals surface area contributed by atoms with E-state index in [-0.39, 0.29) is 0 Å². The van der Waals surface area contributed by atoms with Crippen molar-refractivity contribution in [2.75, 3.05) is 32.6 Å². The van der Waals surface area contributed by atoms with Crippen LogP contribution in [0.2, 0.25) is 25.7 Å². The Morgan fingerprint density at radius 2 is 1.84 bits per heavy atom. The molecule has 0 aliphatic carbocycles. The van der Waals surface area contributed by atoms with Gasteiger partial charge in [0.05, 0.1) is 11.9 Å². The molecule has 0 bridgehead atoms. The Kier molecular flexibility index (Phi) is 7.95. The highest BCUT2D eigenvalue weighted by Gasteiger charge is 2.15. The van der Waals surface area contributed by atoms with Crippen molar-refractivity contribution in [2.45, 2.75) is 38.8 Å². The van der Waals surface area contributed by atoms with Gasteiger partial charge >= 0.3 is 0 Å². The van der Waals surface area contributed by atoms with E-state index in [4.69, 9.17) is 4.74 Å². The third-order valence-corrected chi connectivity index (χ3v) is 6.62. The first-order valence-electron chi connectivity index (χ1n) is 10.7. The lowest BCUT2D eigenvalue weighted by Gasteiger charge is -2.18. The Labute approximate surface area is 186 Å². The quantitative estimate of drug-likeness (QED) is 0.351. The molecule has 0 atom stereocenters. The van der Waals surface area contributed by atoms with Gasteiger partial charge in [-0.2, -0.15) is 0 Å². The van der Waals surface area contributed by atoms with Gasteiger partial charge in [-0.1, -0.05) is 50.0 Å². The second-order valence-corrected chi connectivity index (χ2v) is 14.8. The van der Waals surface area contributed by atoms with Crippen LogP contribution in [0.1, 0.15) is 5.69 Å². The SMILES string of the molecule is CN(C)CCc1cnc(Nc2nccc(-c3ccccc3)n2)n1COCC[Si](C)(C)C. The molecule has 3 rings (SSSR count). The van der Waals surface area contributed by atoms with E-state index in [2.05, 4.69) is 63.5 Å². The lowest BCUT2D eigenvalue weighted by atomic mass is 10.1. The predicted molar refractivity (Wildman–Crippen MR) is 129 cm³/mol. The van der Waals surface area contributed by atoms with Gasteiger partial charge in [0.2, 0.25) is 11.9 Å². The minimum atomic E-state index is -1.13. The van der Waals surface area contributed by atoms with Crippen molar-refractivity contribution in [1.82, 2.24) is 24.4 Å². The summed E-state index contributed by atoms with van der Waals surface area (Å²) in [5.41, 5.74) is 3.05. The van der Waals surface area contributed by atoms with Gasteiger partial charge in [0.15, 0.2) is 0 Å². The maximum atomic E-state index is 6.04. The van der Waals surface area contributed by atoms with Gasteiger partial charge in [0.1, 0.15) is 6.73 Å². The fraction of sp³-hybridized carbons (Fsp3) is 0.435. The molecule has 3 aromatic rings. The van der Waals surface area contributed by atoms with Gasteiger partial charge in [-0.25, -0.2) is 15.0 Å². The highest BCUT2D eigenvalue weighted by atomic mass is 28.3. The molecule has 0 radical (unpaired) electrons. The van der Waals surface area contributed by atoms with Crippen LogP contribution in [0, 0.1) is 0 Å². The van der Waals surface area contributed by atoms with Crippen LogP contribution < -0.4 is 5.32 Å². The smallest absolute Gasteiger partial charge is 0.230 e. The highest BCUT2D eigenvalue weighted by Crippen LogP contribution is 2.20. The van der Waals surface area contributed by atoms with Gasteiger partial charge in [0.25, 0.3) is 0 Å². The van der Waals surface area contributed by atoms with Crippen LogP contribution in [0.4, 0.5) is 11.9 Å². The number of hydrogen-bond acceptors (Lipinski definition) is 6. The normalized spacial score (nSPS) is 11.8. The summed E-state index contributed by atoms with van der Waals surface area (Å²) in [7, 11) is 3.03. The lowest BCUT2D eigenvalue weighted by Crippen LogP contribution is -2.22. The molecule has 2 aromatic heterocycles. The Balaban J connectivity index is 1.76. The number of imidazole rings is 1. The number of nitrogens with zero attached hydrogens (tertiary/aromatic N) is 5. The summed E-state index contributed by atoms with van der Waals surface area (Å²) in [4.78, 5) is 15.8. The first kappa shape index (κ1) is 23.1. The van der Waals surface area contributed by atoms with E-state index in [1.165, 1.54) is 0 Å². The molecular formula is C23H34N6OSi. The van der Waals surface area contributed by atoms with Crippen molar-refractivity contribution in [1.29, 1.82) is 0 Å². The summed E-state index contributed by atoms with van der Waals surface area (Å²) in [6, 6.07) is 13.1. The number of anilines is 2. The molecule has 8 heteroatoms. The van der Waals surface area contributed by atoms with E-state index < -0.39 is 8.07 Å². The zero-order valence-corrected chi connectivity index (χ0v) is 20.3. The molecule has 0 fully saturated rings. The molecule has 31 heavy (non-hydrogen) atoms. The van der Waals surface area contributed by atoms with Crippen molar-refractivity contribution in [3.8, 4) is 11.3 Å². The van der Waals surface area contributed by atoms with Crippen LogP contribution in [0.3, 0.4) is 0 Å². The Hall–Kier alpha value is -2.55. The lowest BCUT2D eigenvalue weighted by molar-refractivity contribution is 0.0866. The largest absolute Gasteiger partial charge is 0.361 e. The number of ether oxygens (including phenoxy) is 1. The van der Waals surface area contributed by atoms with Crippen molar-refractivity contribution < 1.29 is 4.74 Å². The molecule has 7 nitrogen and oxygen atoms in total. The molecule has 0 saturated carbocycles. The minimum absolute atomic E-state index is 0.466. The molecule has 166 valence electrons. The molecule has 2 heterocycles. The first-order chi connectivity index (χ1) is 14.8. The van der Waals surface area contributed by atoms with Gasteiger partial charge in [-0.3, -0.25) is 9.88 Å². The van der Waals surface area contributed by atoms with E-state index in [0.29, 0.717) is 18.6 Å². The molecule has 0 aliphatic heterocycles. The summed E-state index contributed by atoms with van der Waals surface area (Å²) in [6.07, 6.45) is 4.57. The van der Waals surface area contributed by atoms with Gasteiger partial charge in [-0.05, 0) is 26.2 Å². The molecule has 0 aliphatic rings. The minimum Gasteiger partial charge on any atom is -0.361 e. The van der Waals surface area contributed by atoms with Crippen LogP contribution in [0.5, 0.6) is 0 Å². The standard InChI is InChI=1S/C23H34N6OSi/c1-28(2)14-12-20-17-25-23(29(20)18-30-15-16-31(3,4)5)27-22-24-13-11-21(26-22)19-9-7-6-8-10-19/h6-11,13,17H,12,14-16,18H2,1-5H3,(H,24,25,26,27). The second kappa shape index (κ2) is 10.7. The Morgan fingerprint density at radius 3 is 2.55 bits per heavy atom. The highest BCUT2D eigenvalue weighted by molar-refractivity contribution is 6.76. The second-order valence-electron chi connectivity index (χ2n) is 9.16. The average molecular weight is 439 g/mol. The summed E-state index contributed by atoms with van der Waals surface area (Å²) < 4.78 is 8.13. The molecule has 0 spiro atoms. The Bertz CT molecular complexity index is 952. The monoisotopic (exact) mass is 438 g/mol. The average Bonchev–Trinajstić information content (AvgIpc) is 3.11. The van der Waals surface area contributed by atoms with E-state index in [9.17, 15) is 0 Å². The van der Waals surface area contributed by atoms with Crippen molar-refractivity contribution in [2.24, 2.45) is 0 Å². The maximum Gasteiger partial charge on any atom is 0.230 e. The number of benzene rings is 1. The predicted octanol–water partition coefficient (Wildman–Crippen LogP) is 4.50. The summed E-state index contributed by atoms with van der Waals surface area (Å²) in [5, 5.41) is 3.29. The van der Waals surface area contributed by atoms with Crippen molar-refractivity contribution >= 4 is 20.0 Å². The fourth-order valence-electron chi connectivity index (χ4n) is 3.02. The molecule has 0 amide bonds. The van der Waals surface area contributed by atoms with Gasteiger partial charge < -0.3 is 9.64 Å². The van der Waals surface area contributed by atoms with E-state index >= 15 is 0 Å². The Morgan fingerprint density at radius 1 is 1.06 bits per heavy atom. The maximum absolute atomic E-state index is 6.04. The molecule has 1 N–H and O–H groups in total. The molecule has 0 saturated heterocycles. The number of nitrogens with one attached hydrogen (secondary N) is 1. The van der Waals surface area contributed by atoms with Crippen LogP contribution in [-0.2, 0) is 17.9 Å². The number of aromatic nitrogens is 4. The molecule has 0 unspecified atom stereocenters. The number of hydrogen-bond donors (Lipinski definition) is 1. The van der Waals surface area contributed by atoms with Gasteiger partial charge in [-0.15, -0.1) is 0 Å². The third kappa shape index (κ3) is 7.27. The fourth-order valence-corrected chi connectivity index (χ4v) is 3.77. The molecular weight excluding hydrogens is 404 g/mol. The third-order valence-electron chi connectivity index (χ3n) is 4.92. The number of rotatable bonds is 11. The van der Waals surface area contributed by atoms with E-state index in [0.717, 1.165) is 42.6 Å². The van der Waals surface area contributed by atoms with Crippen LogP contribution in [0.25, 0.3) is 11.3 Å². The zero-order chi connectivity index (χ0) is 22.3. The van der Waals surface area contributed by atoms with Crippen molar-refractivity contribution in [3.05, 3.63) is 54.5 Å². The topological polar surface area (TPSA) is 68.1 Å². The van der Waals surface area contributed by atoms with E-state index in [1.54, 1.807) is 6.20 Å². The van der Waals surface area contributed by atoms with Gasteiger partial charge in [0, 0.05) is 45.1 Å². The summed E-state index contributed by atoms with van der Waals surface area (Å²) in [5.74, 6) is 1.22. The van der Waals surface area contributed by atoms with Crippen LogP contribution >= 0.6 is 0 Å². The summed E-state index contributed by atoms with van der Waals surface area (Å²) in [6.45, 7) is 9.26. The first-order valence-corrected chi connectivity index (χ1v) is 14.4. The molecule has 1 aromatic carbocycles. The zero-order valence-electron chi connectivity index (χ0n) is 19.3. The number of likely N-dealkylation sites (N-methyl/N-ethyl adjacent to an activating group) is 1. The van der Waals surface area contributed by atoms with E-state index in [1.807, 2.05) is 42.6 Å².